The molecule has 0 aliphatic carbocycles. The first-order chi connectivity index (χ1) is 9.08. The number of rotatable bonds is 5. The first-order valence-electron chi connectivity index (χ1n) is 6.93. The van der Waals surface area contributed by atoms with Gasteiger partial charge in [0.25, 0.3) is 0 Å². The second kappa shape index (κ2) is 7.07. The highest BCUT2D eigenvalue weighted by atomic mass is 79.9. The van der Waals surface area contributed by atoms with E-state index in [0.717, 1.165) is 28.5 Å². The van der Waals surface area contributed by atoms with E-state index >= 15 is 0 Å². The maximum absolute atomic E-state index is 6.26. The van der Waals surface area contributed by atoms with Crippen LogP contribution in [-0.4, -0.2) is 43.0 Å². The number of halogens is 2. The average Bonchev–Trinajstić information content (AvgIpc) is 2.81. The molecule has 0 radical (unpaired) electrons. The largest absolute Gasteiger partial charge is 0.306 e. The lowest BCUT2D eigenvalue weighted by Gasteiger charge is -2.20. The molecule has 0 N–H and O–H groups in total. The van der Waals surface area contributed by atoms with Crippen LogP contribution in [0.15, 0.2) is 22.7 Å². The molecule has 1 heterocycles. The lowest BCUT2D eigenvalue weighted by molar-refractivity contribution is 0.268. The first kappa shape index (κ1) is 15.3. The zero-order chi connectivity index (χ0) is 13.8. The number of benzene rings is 1. The van der Waals surface area contributed by atoms with E-state index in [-0.39, 0.29) is 0 Å². The number of hydrogen-bond donors (Lipinski definition) is 0. The minimum absolute atomic E-state index is 0.802. The molecule has 106 valence electrons. The van der Waals surface area contributed by atoms with E-state index < -0.39 is 0 Å². The Balaban J connectivity index is 1.89. The summed E-state index contributed by atoms with van der Waals surface area (Å²) in [5.41, 5.74) is 1.22. The third-order valence-electron chi connectivity index (χ3n) is 3.88. The maximum atomic E-state index is 6.26. The molecule has 1 aromatic carbocycles. The van der Waals surface area contributed by atoms with Crippen LogP contribution in [0.25, 0.3) is 0 Å². The van der Waals surface area contributed by atoms with Crippen molar-refractivity contribution in [3.05, 3.63) is 33.3 Å². The van der Waals surface area contributed by atoms with Crippen LogP contribution in [0.1, 0.15) is 18.9 Å². The fraction of sp³-hybridized carbons (Fsp3) is 0.600. The van der Waals surface area contributed by atoms with Gasteiger partial charge in [0.1, 0.15) is 0 Å². The molecule has 0 bridgehead atoms. The highest BCUT2D eigenvalue weighted by Gasteiger charge is 2.23. The van der Waals surface area contributed by atoms with Crippen LogP contribution in [0.2, 0.25) is 5.02 Å². The summed E-state index contributed by atoms with van der Waals surface area (Å²) >= 11 is 9.78. The minimum Gasteiger partial charge on any atom is -0.306 e. The van der Waals surface area contributed by atoms with E-state index in [1.54, 1.807) is 0 Å². The predicted molar refractivity (Wildman–Crippen MR) is 85.7 cm³/mol. The molecule has 1 aliphatic heterocycles. The van der Waals surface area contributed by atoms with Crippen molar-refractivity contribution in [1.82, 2.24) is 9.80 Å². The number of likely N-dealkylation sites (tertiary alicyclic amines) is 1. The van der Waals surface area contributed by atoms with Crippen LogP contribution >= 0.6 is 27.5 Å². The third-order valence-corrected chi connectivity index (χ3v) is 4.74. The summed E-state index contributed by atoms with van der Waals surface area (Å²) in [5, 5.41) is 0.873. The van der Waals surface area contributed by atoms with Crippen LogP contribution < -0.4 is 0 Å². The van der Waals surface area contributed by atoms with Crippen LogP contribution in [0.3, 0.4) is 0 Å². The summed E-state index contributed by atoms with van der Waals surface area (Å²) in [5.74, 6) is 0.802. The fourth-order valence-electron chi connectivity index (χ4n) is 2.68. The zero-order valence-corrected chi connectivity index (χ0v) is 14.0. The molecular weight excluding hydrogens is 324 g/mol. The summed E-state index contributed by atoms with van der Waals surface area (Å²) in [7, 11) is 2.20. The zero-order valence-electron chi connectivity index (χ0n) is 11.7. The van der Waals surface area contributed by atoms with E-state index in [2.05, 4.69) is 45.8 Å². The van der Waals surface area contributed by atoms with Crippen LogP contribution in [-0.2, 0) is 6.54 Å². The van der Waals surface area contributed by atoms with Crippen molar-refractivity contribution in [2.75, 3.05) is 33.2 Å². The van der Waals surface area contributed by atoms with Crippen LogP contribution in [0.4, 0.5) is 0 Å². The van der Waals surface area contributed by atoms with Gasteiger partial charge < -0.3 is 4.90 Å². The van der Waals surface area contributed by atoms with E-state index in [0.29, 0.717) is 0 Å². The Labute approximate surface area is 129 Å². The topological polar surface area (TPSA) is 6.48 Å². The minimum atomic E-state index is 0.802. The van der Waals surface area contributed by atoms with Gasteiger partial charge in [-0.2, -0.15) is 0 Å². The highest BCUT2D eigenvalue weighted by Crippen LogP contribution is 2.25. The van der Waals surface area contributed by atoms with Crippen molar-refractivity contribution in [2.45, 2.75) is 19.9 Å². The molecule has 19 heavy (non-hydrogen) atoms. The molecule has 0 spiro atoms. The lowest BCUT2D eigenvalue weighted by atomic mass is 10.1. The highest BCUT2D eigenvalue weighted by molar-refractivity contribution is 9.10. The van der Waals surface area contributed by atoms with Gasteiger partial charge in [-0.05, 0) is 56.2 Å². The molecule has 0 saturated carbocycles. The quantitative estimate of drug-likeness (QED) is 0.799. The second-order valence-corrected chi connectivity index (χ2v) is 6.80. The van der Waals surface area contributed by atoms with Gasteiger partial charge in [0.15, 0.2) is 0 Å². The predicted octanol–water partition coefficient (Wildman–Crippen LogP) is 3.88. The van der Waals surface area contributed by atoms with Gasteiger partial charge in [0.2, 0.25) is 0 Å². The standard InChI is InChI=1S/C15H22BrClN2/c1-3-18(2)9-12-6-7-19(10-12)11-13-8-14(16)4-5-15(13)17/h4-5,8,12H,3,6-7,9-11H2,1-2H3/t12-/m0/s1. The lowest BCUT2D eigenvalue weighted by Crippen LogP contribution is -2.28. The molecular formula is C15H22BrClN2. The van der Waals surface area contributed by atoms with Gasteiger partial charge in [-0.1, -0.05) is 34.5 Å². The smallest absolute Gasteiger partial charge is 0.0451 e. The molecule has 1 fully saturated rings. The first-order valence-corrected chi connectivity index (χ1v) is 8.10. The Morgan fingerprint density at radius 3 is 3.00 bits per heavy atom. The molecule has 2 rings (SSSR count). The van der Waals surface area contributed by atoms with Crippen molar-refractivity contribution >= 4 is 27.5 Å². The van der Waals surface area contributed by atoms with Crippen LogP contribution in [0, 0.1) is 5.92 Å². The van der Waals surface area contributed by atoms with Crippen molar-refractivity contribution in [3.8, 4) is 0 Å². The average molecular weight is 346 g/mol. The van der Waals surface area contributed by atoms with Crippen LogP contribution in [0.5, 0.6) is 0 Å². The molecule has 0 aromatic heterocycles. The van der Waals surface area contributed by atoms with E-state index in [1.807, 2.05) is 12.1 Å². The molecule has 0 unspecified atom stereocenters. The maximum Gasteiger partial charge on any atom is 0.0451 e. The summed E-state index contributed by atoms with van der Waals surface area (Å²) in [6.07, 6.45) is 1.30. The monoisotopic (exact) mass is 344 g/mol. The number of nitrogens with zero attached hydrogens (tertiary/aromatic N) is 2. The summed E-state index contributed by atoms with van der Waals surface area (Å²) in [6.45, 7) is 7.89. The van der Waals surface area contributed by atoms with Crippen molar-refractivity contribution in [3.63, 3.8) is 0 Å². The molecule has 4 heteroatoms. The molecule has 2 nitrogen and oxygen atoms in total. The second-order valence-electron chi connectivity index (χ2n) is 5.48. The Bertz CT molecular complexity index is 425. The SMILES string of the molecule is CCN(C)C[C@@H]1CCN(Cc2cc(Br)ccc2Cl)C1. The third kappa shape index (κ3) is 4.45. The summed E-state index contributed by atoms with van der Waals surface area (Å²) in [6, 6.07) is 6.10. The fourth-order valence-corrected chi connectivity index (χ4v) is 3.27. The van der Waals surface area contributed by atoms with E-state index in [1.165, 1.54) is 31.6 Å². The van der Waals surface area contributed by atoms with Gasteiger partial charge >= 0.3 is 0 Å². The Morgan fingerprint density at radius 2 is 2.26 bits per heavy atom. The Hall–Kier alpha value is -0.0900. The van der Waals surface area contributed by atoms with Crippen molar-refractivity contribution in [1.29, 1.82) is 0 Å². The molecule has 1 aromatic rings. The molecule has 1 atom stereocenters. The van der Waals surface area contributed by atoms with Gasteiger partial charge in [-0.3, -0.25) is 4.90 Å². The van der Waals surface area contributed by atoms with Crippen molar-refractivity contribution in [2.24, 2.45) is 5.92 Å². The molecule has 1 saturated heterocycles. The van der Waals surface area contributed by atoms with Gasteiger partial charge in [0, 0.05) is 29.1 Å². The normalized spacial score (nSPS) is 20.4. The van der Waals surface area contributed by atoms with Gasteiger partial charge in [-0.15, -0.1) is 0 Å². The van der Waals surface area contributed by atoms with E-state index in [4.69, 9.17) is 11.6 Å². The van der Waals surface area contributed by atoms with Crippen molar-refractivity contribution < 1.29 is 0 Å². The number of hydrogen-bond acceptors (Lipinski definition) is 2. The molecule has 0 amide bonds. The van der Waals surface area contributed by atoms with Gasteiger partial charge in [-0.25, -0.2) is 0 Å². The summed E-state index contributed by atoms with van der Waals surface area (Å²) < 4.78 is 1.10. The Morgan fingerprint density at radius 1 is 1.47 bits per heavy atom. The molecule has 1 aliphatic rings. The summed E-state index contributed by atoms with van der Waals surface area (Å²) in [4.78, 5) is 4.92. The Kier molecular flexibility index (Phi) is 5.70. The van der Waals surface area contributed by atoms with Gasteiger partial charge in [0.05, 0.1) is 0 Å². The van der Waals surface area contributed by atoms with E-state index in [9.17, 15) is 0 Å².